The first-order chi connectivity index (χ1) is 11.1. The number of likely N-dealkylation sites (tertiary alicyclic amines) is 1. The van der Waals surface area contributed by atoms with E-state index in [0.717, 1.165) is 31.5 Å². The summed E-state index contributed by atoms with van der Waals surface area (Å²) in [5.74, 6) is 1.98. The fourth-order valence-corrected chi connectivity index (χ4v) is 3.10. The first kappa shape index (κ1) is 16.1. The molecule has 1 saturated heterocycles. The number of nitrogens with zero attached hydrogens (tertiary/aromatic N) is 3. The SMILES string of the molecule is CC(C)c1nnc(CN2CCC(C(O)c3ccccc3)CC2)o1. The zero-order chi connectivity index (χ0) is 16.2. The first-order valence-electron chi connectivity index (χ1n) is 8.41. The third-order valence-corrected chi connectivity index (χ3v) is 4.56. The van der Waals surface area contributed by atoms with Crippen LogP contribution in [0.15, 0.2) is 34.7 Å². The molecule has 1 fully saturated rings. The summed E-state index contributed by atoms with van der Waals surface area (Å²) in [6, 6.07) is 9.95. The van der Waals surface area contributed by atoms with Gasteiger partial charge in [0.15, 0.2) is 0 Å². The fraction of sp³-hybridized carbons (Fsp3) is 0.556. The Morgan fingerprint density at radius 1 is 1.17 bits per heavy atom. The van der Waals surface area contributed by atoms with Gasteiger partial charge >= 0.3 is 0 Å². The van der Waals surface area contributed by atoms with Crippen LogP contribution in [0.1, 0.15) is 56.1 Å². The second-order valence-corrected chi connectivity index (χ2v) is 6.66. The van der Waals surface area contributed by atoms with Gasteiger partial charge in [0.2, 0.25) is 11.8 Å². The molecule has 3 rings (SSSR count). The summed E-state index contributed by atoms with van der Waals surface area (Å²) in [7, 11) is 0. The molecule has 5 nitrogen and oxygen atoms in total. The zero-order valence-corrected chi connectivity index (χ0v) is 13.9. The molecule has 2 aromatic rings. The van der Waals surface area contributed by atoms with Crippen molar-refractivity contribution in [1.82, 2.24) is 15.1 Å². The maximum atomic E-state index is 10.5. The van der Waals surface area contributed by atoms with Gasteiger partial charge in [-0.2, -0.15) is 0 Å². The van der Waals surface area contributed by atoms with Gasteiger partial charge < -0.3 is 9.52 Å². The standard InChI is InChI=1S/C18H25N3O2/c1-13(2)18-20-19-16(23-18)12-21-10-8-15(9-11-21)17(22)14-6-4-3-5-7-14/h3-7,13,15,17,22H,8-12H2,1-2H3. The van der Waals surface area contributed by atoms with E-state index < -0.39 is 0 Å². The molecule has 1 unspecified atom stereocenters. The molecule has 1 atom stereocenters. The van der Waals surface area contributed by atoms with E-state index in [1.54, 1.807) is 0 Å². The van der Waals surface area contributed by atoms with Gasteiger partial charge in [0.05, 0.1) is 12.6 Å². The number of rotatable bonds is 5. The molecule has 1 N–H and O–H groups in total. The van der Waals surface area contributed by atoms with Crippen LogP contribution in [0, 0.1) is 5.92 Å². The molecular weight excluding hydrogens is 290 g/mol. The van der Waals surface area contributed by atoms with Crippen molar-refractivity contribution in [3.05, 3.63) is 47.7 Å². The summed E-state index contributed by atoms with van der Waals surface area (Å²) in [4.78, 5) is 2.33. The van der Waals surface area contributed by atoms with Crippen molar-refractivity contribution in [2.24, 2.45) is 5.92 Å². The summed E-state index contributed by atoms with van der Waals surface area (Å²) >= 11 is 0. The highest BCUT2D eigenvalue weighted by Gasteiger charge is 2.27. The van der Waals surface area contributed by atoms with Gasteiger partial charge in [0, 0.05) is 5.92 Å². The van der Waals surface area contributed by atoms with E-state index in [2.05, 4.69) is 15.1 Å². The van der Waals surface area contributed by atoms with Gasteiger partial charge in [-0.15, -0.1) is 10.2 Å². The Balaban J connectivity index is 1.52. The largest absolute Gasteiger partial charge is 0.424 e. The molecule has 0 spiro atoms. The van der Waals surface area contributed by atoms with Crippen molar-refractivity contribution in [2.45, 2.75) is 45.3 Å². The number of hydrogen-bond donors (Lipinski definition) is 1. The Hall–Kier alpha value is -1.72. The molecule has 0 saturated carbocycles. The van der Waals surface area contributed by atoms with Crippen LogP contribution >= 0.6 is 0 Å². The highest BCUT2D eigenvalue weighted by atomic mass is 16.4. The molecule has 23 heavy (non-hydrogen) atoms. The third-order valence-electron chi connectivity index (χ3n) is 4.56. The monoisotopic (exact) mass is 315 g/mol. The second-order valence-electron chi connectivity index (χ2n) is 6.66. The van der Waals surface area contributed by atoms with E-state index in [0.29, 0.717) is 24.2 Å². The maximum absolute atomic E-state index is 10.5. The van der Waals surface area contributed by atoms with Gasteiger partial charge in [-0.1, -0.05) is 44.2 Å². The third kappa shape index (κ3) is 3.98. The van der Waals surface area contributed by atoms with E-state index in [-0.39, 0.29) is 12.0 Å². The zero-order valence-electron chi connectivity index (χ0n) is 13.9. The van der Waals surface area contributed by atoms with Crippen LogP contribution in [0.5, 0.6) is 0 Å². The molecule has 2 heterocycles. The van der Waals surface area contributed by atoms with Crippen molar-refractivity contribution >= 4 is 0 Å². The summed E-state index contributed by atoms with van der Waals surface area (Å²) in [6.07, 6.45) is 1.61. The Morgan fingerprint density at radius 2 is 1.87 bits per heavy atom. The van der Waals surface area contributed by atoms with Gasteiger partial charge in [-0.3, -0.25) is 4.90 Å². The molecule has 5 heteroatoms. The Kier molecular flexibility index (Phi) is 5.08. The number of piperidine rings is 1. The number of aliphatic hydroxyl groups is 1. The van der Waals surface area contributed by atoms with Gasteiger partial charge in [-0.05, 0) is 37.4 Å². The predicted molar refractivity (Wildman–Crippen MR) is 87.8 cm³/mol. The second kappa shape index (κ2) is 7.23. The average molecular weight is 315 g/mol. The Bertz CT molecular complexity index is 604. The van der Waals surface area contributed by atoms with E-state index >= 15 is 0 Å². The lowest BCUT2D eigenvalue weighted by Crippen LogP contribution is -2.35. The molecule has 1 aromatic carbocycles. The van der Waals surface area contributed by atoms with Crippen LogP contribution < -0.4 is 0 Å². The molecule has 0 aliphatic carbocycles. The maximum Gasteiger partial charge on any atom is 0.230 e. The van der Waals surface area contributed by atoms with Crippen molar-refractivity contribution < 1.29 is 9.52 Å². The van der Waals surface area contributed by atoms with Crippen LogP contribution in [0.2, 0.25) is 0 Å². The lowest BCUT2D eigenvalue weighted by atomic mass is 9.87. The van der Waals surface area contributed by atoms with Crippen LogP contribution in [-0.2, 0) is 6.54 Å². The number of aromatic nitrogens is 2. The van der Waals surface area contributed by atoms with E-state index in [4.69, 9.17) is 4.42 Å². The number of benzene rings is 1. The first-order valence-corrected chi connectivity index (χ1v) is 8.41. The van der Waals surface area contributed by atoms with Crippen molar-refractivity contribution in [3.8, 4) is 0 Å². The topological polar surface area (TPSA) is 62.4 Å². The normalized spacial score (nSPS) is 18.4. The highest BCUT2D eigenvalue weighted by molar-refractivity contribution is 5.18. The molecular formula is C18H25N3O2. The van der Waals surface area contributed by atoms with Crippen LogP contribution in [0.4, 0.5) is 0 Å². The number of hydrogen-bond acceptors (Lipinski definition) is 5. The number of aliphatic hydroxyl groups excluding tert-OH is 1. The fourth-order valence-electron chi connectivity index (χ4n) is 3.10. The van der Waals surface area contributed by atoms with E-state index in [1.165, 1.54) is 0 Å². The molecule has 1 aliphatic rings. The molecule has 0 radical (unpaired) electrons. The van der Waals surface area contributed by atoms with Crippen LogP contribution in [-0.4, -0.2) is 33.3 Å². The molecule has 1 aromatic heterocycles. The average Bonchev–Trinajstić information content (AvgIpc) is 3.04. The van der Waals surface area contributed by atoms with E-state index in [9.17, 15) is 5.11 Å². The van der Waals surface area contributed by atoms with Gasteiger partial charge in [0.1, 0.15) is 0 Å². The lowest BCUT2D eigenvalue weighted by Gasteiger charge is -2.33. The quantitative estimate of drug-likeness (QED) is 0.918. The minimum absolute atomic E-state index is 0.267. The van der Waals surface area contributed by atoms with Gasteiger partial charge in [0.25, 0.3) is 0 Å². The highest BCUT2D eigenvalue weighted by Crippen LogP contribution is 2.31. The van der Waals surface area contributed by atoms with Crippen LogP contribution in [0.3, 0.4) is 0 Å². The molecule has 124 valence electrons. The summed E-state index contributed by atoms with van der Waals surface area (Å²) in [5.41, 5.74) is 1.02. The Morgan fingerprint density at radius 3 is 2.48 bits per heavy atom. The van der Waals surface area contributed by atoms with Crippen molar-refractivity contribution in [2.75, 3.05) is 13.1 Å². The summed E-state index contributed by atoms with van der Waals surface area (Å²) in [6.45, 7) is 6.71. The summed E-state index contributed by atoms with van der Waals surface area (Å²) < 4.78 is 5.68. The van der Waals surface area contributed by atoms with E-state index in [1.807, 2.05) is 44.2 Å². The molecule has 0 amide bonds. The molecule has 0 bridgehead atoms. The van der Waals surface area contributed by atoms with Gasteiger partial charge in [-0.25, -0.2) is 0 Å². The Labute approximate surface area is 137 Å². The molecule has 1 aliphatic heterocycles. The van der Waals surface area contributed by atoms with Crippen LogP contribution in [0.25, 0.3) is 0 Å². The van der Waals surface area contributed by atoms with Crippen molar-refractivity contribution in [1.29, 1.82) is 0 Å². The smallest absolute Gasteiger partial charge is 0.230 e. The lowest BCUT2D eigenvalue weighted by molar-refractivity contribution is 0.0542. The van der Waals surface area contributed by atoms with Crippen molar-refractivity contribution in [3.63, 3.8) is 0 Å². The minimum Gasteiger partial charge on any atom is -0.424 e. The minimum atomic E-state index is -0.366. The summed E-state index contributed by atoms with van der Waals surface area (Å²) in [5, 5.41) is 18.7. The predicted octanol–water partition coefficient (Wildman–Crippen LogP) is 3.14.